The van der Waals surface area contributed by atoms with E-state index < -0.39 is 97.5 Å². The summed E-state index contributed by atoms with van der Waals surface area (Å²) in [5.41, 5.74) is 0. The van der Waals surface area contributed by atoms with Gasteiger partial charge in [-0.1, -0.05) is 337 Å². The topological polar surface area (TPSA) is 237 Å². The average Bonchev–Trinajstić information content (AvgIpc) is 1.72. The molecule has 0 saturated heterocycles. The minimum atomic E-state index is -4.96. The Morgan fingerprint density at radius 1 is 0.309 bits per heavy atom. The molecule has 0 aromatic rings. The number of aliphatic hydroxyl groups is 1. The lowest BCUT2D eigenvalue weighted by atomic mass is 10.00. The van der Waals surface area contributed by atoms with E-state index in [9.17, 15) is 43.2 Å². The summed E-state index contributed by atoms with van der Waals surface area (Å²) >= 11 is 0. The van der Waals surface area contributed by atoms with E-state index in [4.69, 9.17) is 37.0 Å². The molecule has 0 heterocycles. The van der Waals surface area contributed by atoms with Gasteiger partial charge in [0.05, 0.1) is 26.4 Å². The Morgan fingerprint density at radius 3 is 0.809 bits per heavy atom. The molecule has 0 fully saturated rings. The highest BCUT2D eigenvalue weighted by Crippen LogP contribution is 2.45. The monoisotopic (exact) mass is 1380 g/mol. The minimum absolute atomic E-state index is 0.103. The van der Waals surface area contributed by atoms with Crippen molar-refractivity contribution in [1.82, 2.24) is 0 Å². The molecule has 6 atom stereocenters. The van der Waals surface area contributed by atoms with E-state index in [1.165, 1.54) is 199 Å². The number of rotatable bonds is 74. The maximum atomic E-state index is 13.1. The first kappa shape index (κ1) is 92.1. The highest BCUT2D eigenvalue weighted by atomic mass is 31.2. The molecule has 558 valence electrons. The normalized spacial score (nSPS) is 14.3. The Balaban J connectivity index is 5.19. The SMILES string of the molecule is CCCCCCCCCCCCCCCCCCCCC(=O)OC[C@H](COP(=O)(O)OC[C@@H](O)COP(=O)(O)OC[C@@H](COC(=O)CCCCCCCCCC)OC(=O)CCCCCCCCC(C)CC)OC(=O)CCCCCCCCCCCCCCCCCC(C)C. The zero-order valence-electron chi connectivity index (χ0n) is 61.3. The summed E-state index contributed by atoms with van der Waals surface area (Å²) in [5, 5.41) is 10.6. The van der Waals surface area contributed by atoms with Crippen LogP contribution in [0.5, 0.6) is 0 Å². The van der Waals surface area contributed by atoms with Crippen LogP contribution in [0.2, 0.25) is 0 Å². The fourth-order valence-corrected chi connectivity index (χ4v) is 13.0. The number of hydrogen-bond donors (Lipinski definition) is 3. The van der Waals surface area contributed by atoms with Gasteiger partial charge in [0.2, 0.25) is 0 Å². The number of carbonyl (C=O) groups is 4. The summed E-state index contributed by atoms with van der Waals surface area (Å²) in [4.78, 5) is 72.6. The summed E-state index contributed by atoms with van der Waals surface area (Å²) in [6.45, 7) is 9.54. The molecule has 0 saturated carbocycles. The van der Waals surface area contributed by atoms with Crippen LogP contribution in [0.15, 0.2) is 0 Å². The molecule has 3 unspecified atom stereocenters. The molecule has 94 heavy (non-hydrogen) atoms. The molecule has 0 aliphatic carbocycles. The van der Waals surface area contributed by atoms with Gasteiger partial charge in [-0.25, -0.2) is 9.13 Å². The zero-order valence-corrected chi connectivity index (χ0v) is 63.1. The van der Waals surface area contributed by atoms with Gasteiger partial charge in [0.1, 0.15) is 19.3 Å². The lowest BCUT2D eigenvalue weighted by Crippen LogP contribution is -2.30. The lowest BCUT2D eigenvalue weighted by molar-refractivity contribution is -0.161. The third kappa shape index (κ3) is 67.3. The molecule has 3 N–H and O–H groups in total. The van der Waals surface area contributed by atoms with Crippen LogP contribution in [-0.2, 0) is 65.4 Å². The molecular formula is C75H146O17P2. The Hall–Kier alpha value is -1.94. The van der Waals surface area contributed by atoms with Crippen LogP contribution in [0.4, 0.5) is 0 Å². The molecule has 0 aromatic carbocycles. The van der Waals surface area contributed by atoms with E-state index in [0.717, 1.165) is 108 Å². The Kier molecular flexibility index (Phi) is 65.5. The standard InChI is InChI=1S/C75H146O17P2/c1-7-10-12-14-16-18-19-20-21-22-23-26-29-32-35-39-46-52-58-73(78)86-63-70(91-74(79)59-53-47-40-36-33-30-27-24-25-28-31-34-37-43-49-55-67(4)5)65-89-93(81,82)87-61-69(76)62-88-94(83,84)90-66-71(64-85-72(77)57-51-45-38-17-15-13-11-8-2)92-75(80)60-54-48-42-41-44-50-56-68(6)9-3/h67-71,76H,7-66H2,1-6H3,(H,81,82)(H,83,84)/t68?,69-,70-,71-/m1/s1. The van der Waals surface area contributed by atoms with Crippen molar-refractivity contribution in [2.24, 2.45) is 11.8 Å². The molecule has 0 rings (SSSR count). The summed E-state index contributed by atoms with van der Waals surface area (Å²) in [7, 11) is -9.90. The summed E-state index contributed by atoms with van der Waals surface area (Å²) in [6.07, 6.45) is 54.3. The number of carbonyl (C=O) groups excluding carboxylic acids is 4. The zero-order chi connectivity index (χ0) is 69.3. The van der Waals surface area contributed by atoms with Crippen LogP contribution in [-0.4, -0.2) is 96.7 Å². The fourth-order valence-electron chi connectivity index (χ4n) is 11.4. The van der Waals surface area contributed by atoms with Crippen LogP contribution >= 0.6 is 15.6 Å². The first-order valence-corrected chi connectivity index (χ1v) is 42.0. The van der Waals surface area contributed by atoms with Crippen molar-refractivity contribution in [3.8, 4) is 0 Å². The number of aliphatic hydroxyl groups excluding tert-OH is 1. The van der Waals surface area contributed by atoms with Gasteiger partial charge >= 0.3 is 39.5 Å². The van der Waals surface area contributed by atoms with E-state index in [1.54, 1.807) is 0 Å². The van der Waals surface area contributed by atoms with E-state index in [2.05, 4.69) is 41.5 Å². The summed E-state index contributed by atoms with van der Waals surface area (Å²) in [6, 6.07) is 0. The quantitative estimate of drug-likeness (QED) is 0.0222. The van der Waals surface area contributed by atoms with Gasteiger partial charge in [-0.2, -0.15) is 0 Å². The number of unbranched alkanes of at least 4 members (excludes halogenated alkanes) is 43. The number of ether oxygens (including phenoxy) is 4. The van der Waals surface area contributed by atoms with Crippen molar-refractivity contribution >= 4 is 39.5 Å². The molecule has 17 nitrogen and oxygen atoms in total. The Bertz CT molecular complexity index is 1820. The first-order valence-electron chi connectivity index (χ1n) is 39.0. The number of hydrogen-bond acceptors (Lipinski definition) is 15. The average molecular weight is 1380 g/mol. The molecule has 0 amide bonds. The summed E-state index contributed by atoms with van der Waals surface area (Å²) in [5.74, 6) is -0.600. The second-order valence-electron chi connectivity index (χ2n) is 27.8. The third-order valence-electron chi connectivity index (χ3n) is 17.8. The molecule has 0 spiro atoms. The Morgan fingerprint density at radius 2 is 0.543 bits per heavy atom. The van der Waals surface area contributed by atoms with Crippen LogP contribution in [0.25, 0.3) is 0 Å². The molecule has 0 bridgehead atoms. The second-order valence-corrected chi connectivity index (χ2v) is 30.7. The smallest absolute Gasteiger partial charge is 0.462 e. The number of phosphoric acid groups is 2. The van der Waals surface area contributed by atoms with Crippen LogP contribution in [0.3, 0.4) is 0 Å². The number of esters is 4. The van der Waals surface area contributed by atoms with Gasteiger partial charge in [-0.05, 0) is 37.5 Å². The fraction of sp³-hybridized carbons (Fsp3) is 0.947. The lowest BCUT2D eigenvalue weighted by Gasteiger charge is -2.21. The Labute approximate surface area is 575 Å². The molecule has 0 aliphatic heterocycles. The van der Waals surface area contributed by atoms with Gasteiger partial charge in [0.25, 0.3) is 0 Å². The predicted molar refractivity (Wildman–Crippen MR) is 381 cm³/mol. The van der Waals surface area contributed by atoms with Crippen molar-refractivity contribution in [1.29, 1.82) is 0 Å². The van der Waals surface area contributed by atoms with Gasteiger partial charge < -0.3 is 33.8 Å². The highest BCUT2D eigenvalue weighted by Gasteiger charge is 2.30. The van der Waals surface area contributed by atoms with Crippen molar-refractivity contribution in [3.63, 3.8) is 0 Å². The van der Waals surface area contributed by atoms with Crippen molar-refractivity contribution in [2.45, 2.75) is 407 Å². The van der Waals surface area contributed by atoms with E-state index in [1.807, 2.05) is 0 Å². The van der Waals surface area contributed by atoms with Crippen molar-refractivity contribution < 1.29 is 80.2 Å². The number of phosphoric ester groups is 2. The van der Waals surface area contributed by atoms with Crippen molar-refractivity contribution in [3.05, 3.63) is 0 Å². The second kappa shape index (κ2) is 66.9. The maximum Gasteiger partial charge on any atom is 0.472 e. The summed E-state index contributed by atoms with van der Waals surface area (Å²) < 4.78 is 68.4. The maximum absolute atomic E-state index is 13.1. The third-order valence-corrected chi connectivity index (χ3v) is 19.7. The van der Waals surface area contributed by atoms with E-state index >= 15 is 0 Å². The molecule has 0 aromatic heterocycles. The van der Waals surface area contributed by atoms with Crippen molar-refractivity contribution in [2.75, 3.05) is 39.6 Å². The first-order chi connectivity index (χ1) is 45.4. The van der Waals surface area contributed by atoms with Gasteiger partial charge in [0.15, 0.2) is 12.2 Å². The minimum Gasteiger partial charge on any atom is -0.462 e. The van der Waals surface area contributed by atoms with Gasteiger partial charge in [-0.15, -0.1) is 0 Å². The van der Waals surface area contributed by atoms with Crippen LogP contribution in [0.1, 0.15) is 388 Å². The van der Waals surface area contributed by atoms with Gasteiger partial charge in [-0.3, -0.25) is 37.3 Å². The predicted octanol–water partition coefficient (Wildman–Crippen LogP) is 21.9. The molecular weight excluding hydrogens is 1230 g/mol. The van der Waals surface area contributed by atoms with E-state index in [-0.39, 0.29) is 25.7 Å². The van der Waals surface area contributed by atoms with Crippen LogP contribution in [0, 0.1) is 11.8 Å². The molecule has 19 heteroatoms. The van der Waals surface area contributed by atoms with E-state index in [0.29, 0.717) is 25.7 Å². The van der Waals surface area contributed by atoms with Crippen LogP contribution < -0.4 is 0 Å². The van der Waals surface area contributed by atoms with Gasteiger partial charge in [0, 0.05) is 25.7 Å². The molecule has 0 aliphatic rings. The largest absolute Gasteiger partial charge is 0.472 e. The highest BCUT2D eigenvalue weighted by molar-refractivity contribution is 7.47. The molecule has 0 radical (unpaired) electrons.